The van der Waals surface area contributed by atoms with Crippen molar-refractivity contribution >= 4 is 50.7 Å². The zero-order valence-electron chi connectivity index (χ0n) is 16.2. The second-order valence-electron chi connectivity index (χ2n) is 6.96. The molecule has 3 aromatic rings. The minimum Gasteiger partial charge on any atom is -0.451 e. The van der Waals surface area contributed by atoms with Crippen LogP contribution in [0.2, 0.25) is 5.02 Å². The van der Waals surface area contributed by atoms with E-state index in [9.17, 15) is 9.59 Å². The molecule has 1 fully saturated rings. The molecule has 1 amide bonds. The van der Waals surface area contributed by atoms with Crippen molar-refractivity contribution in [3.63, 3.8) is 0 Å². The number of fused-ring (bicyclic) bond motifs is 1. The van der Waals surface area contributed by atoms with E-state index in [1.807, 2.05) is 38.2 Å². The Labute approximate surface area is 177 Å². The van der Waals surface area contributed by atoms with Gasteiger partial charge in [-0.05, 0) is 31.2 Å². The third kappa shape index (κ3) is 4.09. The summed E-state index contributed by atoms with van der Waals surface area (Å²) < 4.78 is 7.02. The number of rotatable bonds is 4. The zero-order valence-corrected chi connectivity index (χ0v) is 17.8. The summed E-state index contributed by atoms with van der Waals surface area (Å²) in [6, 6.07) is 9.46. The van der Waals surface area contributed by atoms with E-state index in [2.05, 4.69) is 10.00 Å². The molecule has 29 heavy (non-hydrogen) atoms. The van der Waals surface area contributed by atoms with Crippen LogP contribution in [0.5, 0.6) is 0 Å². The van der Waals surface area contributed by atoms with Crippen LogP contribution in [0.3, 0.4) is 0 Å². The van der Waals surface area contributed by atoms with Gasteiger partial charge in [0.15, 0.2) is 6.61 Å². The molecule has 1 aliphatic heterocycles. The number of piperazine rings is 1. The molecule has 0 unspecified atom stereocenters. The van der Waals surface area contributed by atoms with Crippen LogP contribution in [-0.2, 0) is 16.6 Å². The molecule has 9 heteroatoms. The SMILES string of the molecule is Cc1nn(C)c2sc(C(=O)OCC(=O)N3CCN(c4cccc(Cl)c4)CC3)cc12. The molecule has 1 saturated heterocycles. The van der Waals surface area contributed by atoms with Gasteiger partial charge >= 0.3 is 5.97 Å². The number of amides is 1. The number of carbonyl (C=O) groups is 2. The smallest absolute Gasteiger partial charge is 0.348 e. The van der Waals surface area contributed by atoms with Crippen molar-refractivity contribution < 1.29 is 14.3 Å². The van der Waals surface area contributed by atoms with E-state index in [0.29, 0.717) is 36.1 Å². The molecule has 0 saturated carbocycles. The minimum atomic E-state index is -0.475. The number of carbonyl (C=O) groups excluding carboxylic acids is 2. The highest BCUT2D eigenvalue weighted by Crippen LogP contribution is 2.28. The summed E-state index contributed by atoms with van der Waals surface area (Å²) in [4.78, 5) is 30.1. The molecule has 0 aliphatic carbocycles. The van der Waals surface area contributed by atoms with E-state index in [1.165, 1.54) is 11.3 Å². The predicted octanol–water partition coefficient (Wildman–Crippen LogP) is 3.10. The van der Waals surface area contributed by atoms with Crippen molar-refractivity contribution in [1.82, 2.24) is 14.7 Å². The predicted molar refractivity (Wildman–Crippen MR) is 114 cm³/mol. The largest absolute Gasteiger partial charge is 0.451 e. The maximum absolute atomic E-state index is 12.5. The average molecular weight is 433 g/mol. The first-order valence-corrected chi connectivity index (χ1v) is 10.5. The van der Waals surface area contributed by atoms with E-state index in [0.717, 1.165) is 21.6 Å². The Hall–Kier alpha value is -2.58. The average Bonchev–Trinajstić information content (AvgIpc) is 3.27. The highest BCUT2D eigenvalue weighted by molar-refractivity contribution is 7.20. The number of aromatic nitrogens is 2. The Balaban J connectivity index is 1.30. The highest BCUT2D eigenvalue weighted by Gasteiger charge is 2.23. The van der Waals surface area contributed by atoms with Crippen LogP contribution in [0, 0.1) is 6.92 Å². The monoisotopic (exact) mass is 432 g/mol. The Morgan fingerprint density at radius 3 is 2.66 bits per heavy atom. The third-order valence-corrected chi connectivity index (χ3v) is 6.45. The van der Waals surface area contributed by atoms with Crippen LogP contribution in [0.1, 0.15) is 15.4 Å². The Bertz CT molecular complexity index is 1030. The van der Waals surface area contributed by atoms with Gasteiger partial charge in [-0.15, -0.1) is 11.3 Å². The number of benzene rings is 1. The lowest BCUT2D eigenvalue weighted by Gasteiger charge is -2.36. The summed E-state index contributed by atoms with van der Waals surface area (Å²) >= 11 is 7.38. The van der Waals surface area contributed by atoms with Gasteiger partial charge in [-0.3, -0.25) is 9.48 Å². The Morgan fingerprint density at radius 2 is 1.97 bits per heavy atom. The van der Waals surface area contributed by atoms with Crippen molar-refractivity contribution in [3.8, 4) is 0 Å². The molecule has 2 aromatic heterocycles. The van der Waals surface area contributed by atoms with Gasteiger partial charge in [-0.1, -0.05) is 17.7 Å². The molecule has 1 aliphatic rings. The van der Waals surface area contributed by atoms with E-state index < -0.39 is 5.97 Å². The van der Waals surface area contributed by atoms with E-state index in [4.69, 9.17) is 16.3 Å². The molecule has 4 rings (SSSR count). The number of thiophene rings is 1. The number of ether oxygens (including phenoxy) is 1. The van der Waals surface area contributed by atoms with Gasteiger partial charge < -0.3 is 14.5 Å². The lowest BCUT2D eigenvalue weighted by atomic mass is 10.2. The van der Waals surface area contributed by atoms with Gasteiger partial charge in [0.25, 0.3) is 5.91 Å². The summed E-state index contributed by atoms with van der Waals surface area (Å²) in [5, 5.41) is 5.95. The summed E-state index contributed by atoms with van der Waals surface area (Å²) in [7, 11) is 1.84. The summed E-state index contributed by atoms with van der Waals surface area (Å²) in [6.07, 6.45) is 0. The molecular weight excluding hydrogens is 412 g/mol. The topological polar surface area (TPSA) is 67.7 Å². The Kier molecular flexibility index (Phi) is 5.47. The summed E-state index contributed by atoms with van der Waals surface area (Å²) in [5.41, 5.74) is 1.91. The lowest BCUT2D eigenvalue weighted by Crippen LogP contribution is -2.49. The fourth-order valence-corrected chi connectivity index (χ4v) is 4.68. The standard InChI is InChI=1S/C20H21ClN4O3S/c1-13-16-11-17(29-19(16)23(2)22-13)20(27)28-12-18(26)25-8-6-24(7-9-25)15-5-3-4-14(21)10-15/h3-5,10-11H,6-9,12H2,1-2H3. The molecule has 0 N–H and O–H groups in total. The van der Waals surface area contributed by atoms with Gasteiger partial charge in [0.1, 0.15) is 9.71 Å². The van der Waals surface area contributed by atoms with E-state index >= 15 is 0 Å². The molecule has 0 atom stereocenters. The first-order valence-electron chi connectivity index (χ1n) is 9.31. The summed E-state index contributed by atoms with van der Waals surface area (Å²) in [6.45, 7) is 4.23. The fraction of sp³-hybridized carbons (Fsp3) is 0.350. The second-order valence-corrected chi connectivity index (χ2v) is 8.43. The fourth-order valence-electron chi connectivity index (χ4n) is 3.48. The van der Waals surface area contributed by atoms with Crippen molar-refractivity contribution in [3.05, 3.63) is 45.9 Å². The number of nitrogens with zero attached hydrogens (tertiary/aromatic N) is 4. The first-order chi connectivity index (χ1) is 13.9. The number of hydrogen-bond acceptors (Lipinski definition) is 6. The van der Waals surface area contributed by atoms with Crippen LogP contribution in [0.15, 0.2) is 30.3 Å². The van der Waals surface area contributed by atoms with Gasteiger partial charge in [-0.25, -0.2) is 4.79 Å². The lowest BCUT2D eigenvalue weighted by molar-refractivity contribution is -0.134. The van der Waals surface area contributed by atoms with Crippen LogP contribution < -0.4 is 4.90 Å². The van der Waals surface area contributed by atoms with Gasteiger partial charge in [-0.2, -0.15) is 5.10 Å². The second kappa shape index (κ2) is 8.04. The maximum Gasteiger partial charge on any atom is 0.348 e. The highest BCUT2D eigenvalue weighted by atomic mass is 35.5. The van der Waals surface area contributed by atoms with Crippen LogP contribution in [0.4, 0.5) is 5.69 Å². The summed E-state index contributed by atoms with van der Waals surface area (Å²) in [5.74, 6) is -0.653. The van der Waals surface area contributed by atoms with Gasteiger partial charge in [0.05, 0.1) is 5.69 Å². The molecule has 0 bridgehead atoms. The Morgan fingerprint density at radius 1 is 1.21 bits per heavy atom. The number of halogens is 1. The van der Waals surface area contributed by atoms with E-state index in [1.54, 1.807) is 15.6 Å². The molecule has 0 spiro atoms. The minimum absolute atomic E-state index is 0.178. The van der Waals surface area contributed by atoms with Crippen LogP contribution in [-0.4, -0.2) is 59.3 Å². The number of aryl methyl sites for hydroxylation is 2. The molecular formula is C20H21ClN4O3S. The molecule has 0 radical (unpaired) electrons. The zero-order chi connectivity index (χ0) is 20.5. The van der Waals surface area contributed by atoms with Crippen molar-refractivity contribution in [2.24, 2.45) is 7.05 Å². The van der Waals surface area contributed by atoms with Crippen LogP contribution in [0.25, 0.3) is 10.2 Å². The maximum atomic E-state index is 12.5. The number of anilines is 1. The first kappa shape index (κ1) is 19.7. The molecule has 152 valence electrons. The molecule has 7 nitrogen and oxygen atoms in total. The number of hydrogen-bond donors (Lipinski definition) is 0. The normalized spacial score (nSPS) is 14.4. The van der Waals surface area contributed by atoms with Crippen molar-refractivity contribution in [1.29, 1.82) is 0 Å². The number of esters is 1. The molecule has 1 aromatic carbocycles. The van der Waals surface area contributed by atoms with E-state index in [-0.39, 0.29) is 12.5 Å². The van der Waals surface area contributed by atoms with Gasteiger partial charge in [0, 0.05) is 49.3 Å². The third-order valence-electron chi connectivity index (χ3n) is 5.03. The molecule has 3 heterocycles. The van der Waals surface area contributed by atoms with Gasteiger partial charge in [0.2, 0.25) is 0 Å². The van der Waals surface area contributed by atoms with Crippen LogP contribution >= 0.6 is 22.9 Å². The van der Waals surface area contributed by atoms with Crippen molar-refractivity contribution in [2.75, 3.05) is 37.7 Å². The van der Waals surface area contributed by atoms with Crippen molar-refractivity contribution in [2.45, 2.75) is 6.92 Å². The quantitative estimate of drug-likeness (QED) is 0.592.